The van der Waals surface area contributed by atoms with Gasteiger partial charge < -0.3 is 9.16 Å². The summed E-state index contributed by atoms with van der Waals surface area (Å²) in [6.45, 7) is 13.1. The second-order valence-corrected chi connectivity index (χ2v) is 13.1. The fourth-order valence-electron chi connectivity index (χ4n) is 3.04. The van der Waals surface area contributed by atoms with E-state index in [4.69, 9.17) is 9.16 Å². The van der Waals surface area contributed by atoms with Gasteiger partial charge in [-0.15, -0.1) is 0 Å². The van der Waals surface area contributed by atoms with Gasteiger partial charge in [-0.2, -0.15) is 0 Å². The Morgan fingerprint density at radius 1 is 1.26 bits per heavy atom. The second kappa shape index (κ2) is 7.93. The van der Waals surface area contributed by atoms with E-state index in [1.165, 1.54) is 7.11 Å². The standard InChI is InChI=1S/C18H34O4Si/c1-8-9-10-14-15(17(20)21-5)11-13(19)12-16(14)22-23(6,7)18(2,3)4/h14-16H,8-12H2,1-7H3/t14-,15+,16-/m1/s1. The Balaban J connectivity index is 3.03. The van der Waals surface area contributed by atoms with Crippen molar-refractivity contribution < 1.29 is 18.8 Å². The molecule has 0 unspecified atom stereocenters. The topological polar surface area (TPSA) is 52.6 Å². The van der Waals surface area contributed by atoms with E-state index in [-0.39, 0.29) is 34.7 Å². The minimum absolute atomic E-state index is 0.0869. The van der Waals surface area contributed by atoms with Crippen LogP contribution in [0.25, 0.3) is 0 Å². The van der Waals surface area contributed by atoms with Gasteiger partial charge in [-0.25, -0.2) is 0 Å². The molecule has 23 heavy (non-hydrogen) atoms. The van der Waals surface area contributed by atoms with Gasteiger partial charge >= 0.3 is 5.97 Å². The van der Waals surface area contributed by atoms with Crippen molar-refractivity contribution in [1.29, 1.82) is 0 Å². The smallest absolute Gasteiger partial charge is 0.309 e. The van der Waals surface area contributed by atoms with Crippen molar-refractivity contribution in [2.45, 2.75) is 84.0 Å². The minimum Gasteiger partial charge on any atom is -0.469 e. The first-order valence-electron chi connectivity index (χ1n) is 8.80. The number of unbranched alkanes of at least 4 members (excludes halogenated alkanes) is 1. The number of carbonyl (C=O) groups excluding carboxylic acids is 2. The second-order valence-electron chi connectivity index (χ2n) is 8.30. The molecular formula is C18H34O4Si. The highest BCUT2D eigenvalue weighted by Crippen LogP contribution is 2.42. The third-order valence-corrected chi connectivity index (χ3v) is 10.0. The molecule has 1 rings (SSSR count). The molecule has 3 atom stereocenters. The van der Waals surface area contributed by atoms with E-state index in [2.05, 4.69) is 40.8 Å². The molecule has 0 radical (unpaired) electrons. The summed E-state index contributed by atoms with van der Waals surface area (Å²) in [4.78, 5) is 24.4. The van der Waals surface area contributed by atoms with Crippen LogP contribution in [0.1, 0.15) is 59.8 Å². The maximum absolute atomic E-state index is 12.2. The average Bonchev–Trinajstić information content (AvgIpc) is 2.43. The number of ether oxygens (including phenoxy) is 1. The molecule has 5 heteroatoms. The van der Waals surface area contributed by atoms with Crippen molar-refractivity contribution in [3.63, 3.8) is 0 Å². The number of carbonyl (C=O) groups is 2. The Kier molecular flexibility index (Phi) is 7.02. The first kappa shape index (κ1) is 20.4. The number of Topliss-reactive ketones (excluding diaryl/α,β-unsaturated/α-hetero) is 1. The van der Waals surface area contributed by atoms with Crippen LogP contribution in [0, 0.1) is 11.8 Å². The summed E-state index contributed by atoms with van der Waals surface area (Å²) >= 11 is 0. The maximum atomic E-state index is 12.2. The van der Waals surface area contributed by atoms with E-state index in [1.807, 2.05) is 0 Å². The Morgan fingerprint density at radius 2 is 1.87 bits per heavy atom. The molecule has 0 spiro atoms. The molecule has 1 fully saturated rings. The van der Waals surface area contributed by atoms with E-state index >= 15 is 0 Å². The normalized spacial score (nSPS) is 26.2. The quantitative estimate of drug-likeness (QED) is 0.532. The highest BCUT2D eigenvalue weighted by Gasteiger charge is 2.46. The summed E-state index contributed by atoms with van der Waals surface area (Å²) in [7, 11) is -0.577. The van der Waals surface area contributed by atoms with Crippen molar-refractivity contribution in [3.8, 4) is 0 Å². The van der Waals surface area contributed by atoms with Gasteiger partial charge in [0.25, 0.3) is 0 Å². The molecule has 0 heterocycles. The number of rotatable bonds is 6. The number of methoxy groups -OCH3 is 1. The molecule has 134 valence electrons. The molecule has 1 aliphatic carbocycles. The third kappa shape index (κ3) is 5.15. The van der Waals surface area contributed by atoms with E-state index in [0.29, 0.717) is 12.8 Å². The Labute approximate surface area is 142 Å². The monoisotopic (exact) mass is 342 g/mol. The predicted molar refractivity (Wildman–Crippen MR) is 94.8 cm³/mol. The Hall–Kier alpha value is -0.683. The molecular weight excluding hydrogens is 308 g/mol. The SMILES string of the molecule is CCCC[C@@H]1[C@@H](C(=O)OC)CC(=O)C[C@H]1O[Si](C)(C)C(C)(C)C. The average molecular weight is 343 g/mol. The minimum atomic E-state index is -1.98. The van der Waals surface area contributed by atoms with Crippen LogP contribution in [0.15, 0.2) is 0 Å². The Morgan fingerprint density at radius 3 is 2.35 bits per heavy atom. The molecule has 0 amide bonds. The van der Waals surface area contributed by atoms with Crippen molar-refractivity contribution >= 4 is 20.1 Å². The summed E-state index contributed by atoms with van der Waals surface area (Å²) in [5.41, 5.74) is 0. The number of ketones is 1. The van der Waals surface area contributed by atoms with Crippen molar-refractivity contribution in [1.82, 2.24) is 0 Å². The highest BCUT2D eigenvalue weighted by atomic mass is 28.4. The Bertz CT molecular complexity index is 425. The van der Waals surface area contributed by atoms with Crippen LogP contribution < -0.4 is 0 Å². The van der Waals surface area contributed by atoms with E-state index in [9.17, 15) is 9.59 Å². The summed E-state index contributed by atoms with van der Waals surface area (Å²) in [6, 6.07) is 0. The van der Waals surface area contributed by atoms with Crippen LogP contribution in [-0.2, 0) is 18.8 Å². The molecule has 0 bridgehead atoms. The zero-order valence-electron chi connectivity index (χ0n) is 15.9. The lowest BCUT2D eigenvalue weighted by atomic mass is 9.74. The van der Waals surface area contributed by atoms with Gasteiger partial charge in [0.15, 0.2) is 8.32 Å². The molecule has 0 aromatic heterocycles. The van der Waals surface area contributed by atoms with E-state index < -0.39 is 8.32 Å². The molecule has 1 saturated carbocycles. The van der Waals surface area contributed by atoms with Crippen LogP contribution >= 0.6 is 0 Å². The van der Waals surface area contributed by atoms with Gasteiger partial charge in [0, 0.05) is 12.8 Å². The van der Waals surface area contributed by atoms with Crippen molar-refractivity contribution in [2.24, 2.45) is 11.8 Å². The third-order valence-electron chi connectivity index (χ3n) is 5.52. The number of esters is 1. The van der Waals surface area contributed by atoms with Gasteiger partial charge in [-0.3, -0.25) is 9.59 Å². The highest BCUT2D eigenvalue weighted by molar-refractivity contribution is 6.74. The lowest BCUT2D eigenvalue weighted by Crippen LogP contribution is -2.50. The predicted octanol–water partition coefficient (Wildman–Crippen LogP) is 4.34. The van der Waals surface area contributed by atoms with E-state index in [1.54, 1.807) is 0 Å². The fourth-order valence-corrected chi connectivity index (χ4v) is 4.40. The summed E-state index contributed by atoms with van der Waals surface area (Å²) in [6.07, 6.45) is 3.64. The van der Waals surface area contributed by atoms with Gasteiger partial charge in [0.1, 0.15) is 5.78 Å². The molecule has 4 nitrogen and oxygen atoms in total. The molecule has 0 N–H and O–H groups in total. The van der Waals surface area contributed by atoms with Gasteiger partial charge in [0.2, 0.25) is 0 Å². The van der Waals surface area contributed by atoms with Crippen LogP contribution in [0.5, 0.6) is 0 Å². The summed E-state index contributed by atoms with van der Waals surface area (Å²) in [5, 5.41) is 0.0869. The van der Waals surface area contributed by atoms with Crippen molar-refractivity contribution in [3.05, 3.63) is 0 Å². The van der Waals surface area contributed by atoms with Gasteiger partial charge in [-0.1, -0.05) is 40.5 Å². The number of hydrogen-bond donors (Lipinski definition) is 0. The first-order chi connectivity index (χ1) is 10.5. The maximum Gasteiger partial charge on any atom is 0.309 e. The van der Waals surface area contributed by atoms with Crippen LogP contribution in [-0.4, -0.2) is 33.3 Å². The first-order valence-corrected chi connectivity index (χ1v) is 11.7. The van der Waals surface area contributed by atoms with E-state index in [0.717, 1.165) is 19.3 Å². The van der Waals surface area contributed by atoms with Crippen LogP contribution in [0.2, 0.25) is 18.1 Å². The number of hydrogen-bond acceptors (Lipinski definition) is 4. The molecule has 0 aromatic carbocycles. The lowest BCUT2D eigenvalue weighted by molar-refractivity contribution is -0.154. The fraction of sp³-hybridized carbons (Fsp3) is 0.889. The van der Waals surface area contributed by atoms with Gasteiger partial charge in [0.05, 0.1) is 19.1 Å². The zero-order valence-corrected chi connectivity index (χ0v) is 16.9. The van der Waals surface area contributed by atoms with Gasteiger partial charge in [-0.05, 0) is 30.5 Å². The summed E-state index contributed by atoms with van der Waals surface area (Å²) in [5.74, 6) is -0.392. The zero-order chi connectivity index (χ0) is 17.8. The lowest BCUT2D eigenvalue weighted by Gasteiger charge is -2.44. The largest absolute Gasteiger partial charge is 0.469 e. The van der Waals surface area contributed by atoms with Crippen LogP contribution in [0.4, 0.5) is 0 Å². The molecule has 0 aliphatic heterocycles. The molecule has 0 aromatic rings. The van der Waals surface area contributed by atoms with Crippen LogP contribution in [0.3, 0.4) is 0 Å². The molecule has 1 aliphatic rings. The summed E-state index contributed by atoms with van der Waals surface area (Å²) < 4.78 is 11.5. The molecule has 0 saturated heterocycles. The van der Waals surface area contributed by atoms with Crippen molar-refractivity contribution in [2.75, 3.05) is 7.11 Å².